The van der Waals surface area contributed by atoms with Gasteiger partial charge in [0.2, 0.25) is 0 Å². The number of fused-ring (bicyclic) bond motifs is 1. The second-order valence-corrected chi connectivity index (χ2v) is 8.92. The maximum Gasteiger partial charge on any atom is 0.192 e. The number of benzene rings is 1. The van der Waals surface area contributed by atoms with Crippen LogP contribution in [-0.4, -0.2) is 30.8 Å². The Kier molecular flexibility index (Phi) is 4.51. The Morgan fingerprint density at radius 1 is 1.18 bits per heavy atom. The molecule has 2 aromatic heterocycles. The van der Waals surface area contributed by atoms with E-state index in [1.807, 2.05) is 31.3 Å². The normalized spacial score (nSPS) is 16.8. The van der Waals surface area contributed by atoms with E-state index in [0.717, 1.165) is 47.8 Å². The van der Waals surface area contributed by atoms with E-state index in [1.54, 1.807) is 6.20 Å². The van der Waals surface area contributed by atoms with Crippen molar-refractivity contribution in [1.29, 1.82) is 0 Å². The Hall–Kier alpha value is -2.47. The number of aromatic nitrogens is 4. The van der Waals surface area contributed by atoms with E-state index < -0.39 is 0 Å². The molecular formula is C22H22N4OS. The van der Waals surface area contributed by atoms with Crippen LogP contribution in [0.4, 0.5) is 0 Å². The third-order valence-electron chi connectivity index (χ3n) is 5.53. The van der Waals surface area contributed by atoms with Crippen molar-refractivity contribution in [3.63, 3.8) is 0 Å². The Morgan fingerprint density at radius 2 is 2.04 bits per heavy atom. The number of nitrogens with zero attached hydrogens (tertiary/aromatic N) is 4. The summed E-state index contributed by atoms with van der Waals surface area (Å²) in [4.78, 5) is 17.2. The fourth-order valence-electron chi connectivity index (χ4n) is 3.88. The van der Waals surface area contributed by atoms with Crippen molar-refractivity contribution in [2.75, 3.05) is 0 Å². The summed E-state index contributed by atoms with van der Waals surface area (Å²) in [6, 6.07) is 10.5. The number of rotatable bonds is 6. The first-order valence-electron chi connectivity index (χ1n) is 9.88. The highest BCUT2D eigenvalue weighted by Gasteiger charge is 2.31. The van der Waals surface area contributed by atoms with E-state index >= 15 is 0 Å². The van der Waals surface area contributed by atoms with Gasteiger partial charge in [-0.1, -0.05) is 23.9 Å². The molecule has 6 heteroatoms. The summed E-state index contributed by atoms with van der Waals surface area (Å²) >= 11 is 1.51. The molecule has 0 N–H and O–H groups in total. The molecular weight excluding hydrogens is 368 g/mol. The molecule has 142 valence electrons. The smallest absolute Gasteiger partial charge is 0.192 e. The SMILES string of the molecule is C[C@@H](Sc1nnc(-c2cccnc2)n1C1CC1)C(=O)c1ccc2c(c1)CCC2. The van der Waals surface area contributed by atoms with E-state index in [9.17, 15) is 4.79 Å². The number of aryl methyl sites for hydroxylation is 2. The molecule has 0 spiro atoms. The van der Waals surface area contributed by atoms with Gasteiger partial charge in [0.05, 0.1) is 5.25 Å². The summed E-state index contributed by atoms with van der Waals surface area (Å²) in [6.45, 7) is 1.97. The van der Waals surface area contributed by atoms with Gasteiger partial charge in [-0.25, -0.2) is 0 Å². The van der Waals surface area contributed by atoms with Gasteiger partial charge in [0, 0.05) is 29.6 Å². The molecule has 0 unspecified atom stereocenters. The number of pyridine rings is 1. The zero-order valence-electron chi connectivity index (χ0n) is 15.8. The third kappa shape index (κ3) is 3.26. The van der Waals surface area contributed by atoms with Gasteiger partial charge < -0.3 is 0 Å². The minimum atomic E-state index is -0.206. The molecule has 1 atom stereocenters. The van der Waals surface area contributed by atoms with Crippen LogP contribution in [0.25, 0.3) is 11.4 Å². The van der Waals surface area contributed by atoms with Crippen LogP contribution >= 0.6 is 11.8 Å². The van der Waals surface area contributed by atoms with Crippen molar-refractivity contribution in [3.8, 4) is 11.4 Å². The van der Waals surface area contributed by atoms with E-state index in [-0.39, 0.29) is 11.0 Å². The topological polar surface area (TPSA) is 60.7 Å². The molecule has 2 aliphatic carbocycles. The number of carbonyl (C=O) groups excluding carboxylic acids is 1. The molecule has 0 amide bonds. The van der Waals surface area contributed by atoms with Crippen molar-refractivity contribution >= 4 is 17.5 Å². The first kappa shape index (κ1) is 17.6. The first-order valence-corrected chi connectivity index (χ1v) is 10.8. The molecule has 28 heavy (non-hydrogen) atoms. The minimum absolute atomic E-state index is 0.160. The second-order valence-electron chi connectivity index (χ2n) is 7.61. The van der Waals surface area contributed by atoms with Crippen LogP contribution in [0.15, 0.2) is 47.9 Å². The molecule has 1 saturated carbocycles. The molecule has 5 nitrogen and oxygen atoms in total. The minimum Gasteiger partial charge on any atom is -0.299 e. The van der Waals surface area contributed by atoms with Gasteiger partial charge in [-0.3, -0.25) is 14.3 Å². The number of hydrogen-bond donors (Lipinski definition) is 0. The molecule has 5 rings (SSSR count). The summed E-state index contributed by atoms with van der Waals surface area (Å²) in [5.41, 5.74) is 4.51. The Morgan fingerprint density at radius 3 is 2.82 bits per heavy atom. The molecule has 1 aromatic carbocycles. The maximum absolute atomic E-state index is 13.0. The van der Waals surface area contributed by atoms with Crippen LogP contribution < -0.4 is 0 Å². The van der Waals surface area contributed by atoms with Crippen LogP contribution in [0.5, 0.6) is 0 Å². The van der Waals surface area contributed by atoms with Gasteiger partial charge >= 0.3 is 0 Å². The van der Waals surface area contributed by atoms with Crippen molar-refractivity contribution in [2.24, 2.45) is 0 Å². The van der Waals surface area contributed by atoms with Crippen LogP contribution in [-0.2, 0) is 12.8 Å². The van der Waals surface area contributed by atoms with Crippen LogP contribution in [0.1, 0.15) is 53.7 Å². The highest BCUT2D eigenvalue weighted by Crippen LogP contribution is 2.41. The number of ketones is 1. The summed E-state index contributed by atoms with van der Waals surface area (Å²) in [6.07, 6.45) is 9.25. The highest BCUT2D eigenvalue weighted by atomic mass is 32.2. The monoisotopic (exact) mass is 390 g/mol. The van der Waals surface area contributed by atoms with Crippen LogP contribution in [0, 0.1) is 0 Å². The van der Waals surface area contributed by atoms with Crippen molar-refractivity contribution in [2.45, 2.75) is 55.5 Å². The first-order chi connectivity index (χ1) is 13.7. The molecule has 0 bridgehead atoms. The third-order valence-corrected chi connectivity index (χ3v) is 6.59. The van der Waals surface area contributed by atoms with Gasteiger partial charge in [-0.15, -0.1) is 10.2 Å². The number of Topliss-reactive ketones (excluding diaryl/α,β-unsaturated/α-hetero) is 1. The van der Waals surface area contributed by atoms with Gasteiger partial charge in [0.1, 0.15) is 0 Å². The zero-order valence-corrected chi connectivity index (χ0v) is 16.7. The Bertz CT molecular complexity index is 1030. The summed E-state index contributed by atoms with van der Waals surface area (Å²) in [5.74, 6) is 1.00. The predicted octanol–water partition coefficient (Wildman–Crippen LogP) is 4.53. The molecule has 2 heterocycles. The molecule has 3 aromatic rings. The van der Waals surface area contributed by atoms with Crippen molar-refractivity contribution in [3.05, 3.63) is 59.4 Å². The average Bonchev–Trinajstić information content (AvgIpc) is 3.31. The van der Waals surface area contributed by atoms with Crippen LogP contribution in [0.2, 0.25) is 0 Å². The lowest BCUT2D eigenvalue weighted by atomic mass is 10.0. The Balaban J connectivity index is 1.40. The van der Waals surface area contributed by atoms with Crippen LogP contribution in [0.3, 0.4) is 0 Å². The van der Waals surface area contributed by atoms with Crippen molar-refractivity contribution < 1.29 is 4.79 Å². The predicted molar refractivity (Wildman–Crippen MR) is 110 cm³/mol. The molecule has 0 aliphatic heterocycles. The molecule has 0 saturated heterocycles. The largest absolute Gasteiger partial charge is 0.299 e. The van der Waals surface area contributed by atoms with E-state index in [0.29, 0.717) is 6.04 Å². The molecule has 0 radical (unpaired) electrons. The van der Waals surface area contributed by atoms with Gasteiger partial charge in [-0.2, -0.15) is 0 Å². The molecule has 2 aliphatic rings. The summed E-state index contributed by atoms with van der Waals surface area (Å²) < 4.78 is 2.19. The number of thioether (sulfide) groups is 1. The Labute approximate surface area is 168 Å². The quantitative estimate of drug-likeness (QED) is 0.457. The fraction of sp³-hybridized carbons (Fsp3) is 0.364. The second kappa shape index (κ2) is 7.17. The van der Waals surface area contributed by atoms with Crippen molar-refractivity contribution in [1.82, 2.24) is 19.7 Å². The van der Waals surface area contributed by atoms with E-state index in [4.69, 9.17) is 0 Å². The maximum atomic E-state index is 13.0. The zero-order chi connectivity index (χ0) is 19.1. The standard InChI is InChI=1S/C22H22N4OS/c1-14(20(27)17-8-7-15-4-2-5-16(15)12-17)28-22-25-24-21(26(22)19-9-10-19)18-6-3-11-23-13-18/h3,6-8,11-14,19H,2,4-5,9-10H2,1H3/t14-/m1/s1. The highest BCUT2D eigenvalue weighted by molar-refractivity contribution is 8.00. The van der Waals surface area contributed by atoms with Gasteiger partial charge in [-0.05, 0) is 68.4 Å². The van der Waals surface area contributed by atoms with Gasteiger partial charge in [0.15, 0.2) is 16.8 Å². The van der Waals surface area contributed by atoms with Gasteiger partial charge in [0.25, 0.3) is 0 Å². The summed E-state index contributed by atoms with van der Waals surface area (Å²) in [7, 11) is 0. The fourth-order valence-corrected chi connectivity index (χ4v) is 4.88. The van der Waals surface area contributed by atoms with E-state index in [1.165, 1.54) is 29.3 Å². The lowest BCUT2D eigenvalue weighted by molar-refractivity contribution is 0.0993. The molecule has 1 fully saturated rings. The number of carbonyl (C=O) groups is 1. The number of hydrogen-bond acceptors (Lipinski definition) is 5. The lowest BCUT2D eigenvalue weighted by Crippen LogP contribution is -2.15. The lowest BCUT2D eigenvalue weighted by Gasteiger charge is -2.13. The summed E-state index contributed by atoms with van der Waals surface area (Å²) in [5, 5.41) is 9.46. The average molecular weight is 391 g/mol. The van der Waals surface area contributed by atoms with E-state index in [2.05, 4.69) is 31.9 Å².